The van der Waals surface area contributed by atoms with E-state index in [1.54, 1.807) is 35.9 Å². The van der Waals surface area contributed by atoms with E-state index in [1.165, 1.54) is 11.1 Å². The van der Waals surface area contributed by atoms with Gasteiger partial charge in [-0.3, -0.25) is 9.78 Å². The van der Waals surface area contributed by atoms with Crippen molar-refractivity contribution >= 4 is 28.1 Å². The first kappa shape index (κ1) is 18.9. The lowest BCUT2D eigenvalue weighted by molar-refractivity contribution is 0.0997. The third-order valence-corrected chi connectivity index (χ3v) is 5.59. The van der Waals surface area contributed by atoms with E-state index in [4.69, 9.17) is 4.42 Å². The first-order valence-electron chi connectivity index (χ1n) is 9.30. The molecule has 29 heavy (non-hydrogen) atoms. The van der Waals surface area contributed by atoms with Crippen molar-refractivity contribution in [3.8, 4) is 0 Å². The summed E-state index contributed by atoms with van der Waals surface area (Å²) in [5, 5.41) is 7.22. The van der Waals surface area contributed by atoms with Crippen LogP contribution >= 0.6 is 11.3 Å². The van der Waals surface area contributed by atoms with Gasteiger partial charge in [-0.2, -0.15) is 0 Å². The van der Waals surface area contributed by atoms with Gasteiger partial charge in [0.1, 0.15) is 10.8 Å². The highest BCUT2D eigenvalue weighted by Crippen LogP contribution is 2.37. The average molecular weight is 404 g/mol. The van der Waals surface area contributed by atoms with Gasteiger partial charge in [-0.25, -0.2) is 4.98 Å². The van der Waals surface area contributed by atoms with Crippen molar-refractivity contribution in [3.05, 3.63) is 95.1 Å². The quantitative estimate of drug-likeness (QED) is 0.445. The van der Waals surface area contributed by atoms with Gasteiger partial charge >= 0.3 is 0 Å². The number of anilines is 2. The van der Waals surface area contributed by atoms with Crippen LogP contribution < -0.4 is 10.6 Å². The predicted octanol–water partition coefficient (Wildman–Crippen LogP) is 5.15. The smallest absolute Gasteiger partial charge is 0.291 e. The average Bonchev–Trinajstić information content (AvgIpc) is 3.44. The number of amides is 1. The normalized spacial score (nSPS) is 11.8. The van der Waals surface area contributed by atoms with Crippen molar-refractivity contribution in [2.75, 3.05) is 10.6 Å². The summed E-state index contributed by atoms with van der Waals surface area (Å²) in [6.45, 7) is 2.09. The number of thiophene rings is 1. The van der Waals surface area contributed by atoms with Gasteiger partial charge in [0.05, 0.1) is 18.0 Å². The molecule has 4 aromatic rings. The number of rotatable bonds is 7. The Morgan fingerprint density at radius 3 is 2.59 bits per heavy atom. The zero-order valence-corrected chi connectivity index (χ0v) is 16.6. The summed E-state index contributed by atoms with van der Waals surface area (Å²) in [6, 6.07) is 16.7. The molecule has 0 radical (unpaired) electrons. The minimum Gasteiger partial charge on any atom is -0.459 e. The third-order valence-electron chi connectivity index (χ3n) is 4.38. The minimum atomic E-state index is -0.279. The van der Waals surface area contributed by atoms with E-state index < -0.39 is 0 Å². The van der Waals surface area contributed by atoms with Gasteiger partial charge in [-0.1, -0.05) is 19.1 Å². The third kappa shape index (κ3) is 4.35. The topological polar surface area (TPSA) is 80.0 Å². The van der Waals surface area contributed by atoms with Crippen LogP contribution in [0.5, 0.6) is 0 Å². The van der Waals surface area contributed by atoms with Crippen molar-refractivity contribution in [1.82, 2.24) is 9.97 Å². The van der Waals surface area contributed by atoms with Crippen LogP contribution in [0.25, 0.3) is 0 Å². The Bertz CT molecular complexity index is 1060. The van der Waals surface area contributed by atoms with Crippen LogP contribution in [-0.4, -0.2) is 15.9 Å². The van der Waals surface area contributed by atoms with Crippen LogP contribution in [0.2, 0.25) is 0 Å². The number of carbonyl (C=O) groups excluding carboxylic acids is 1. The molecule has 2 N–H and O–H groups in total. The highest BCUT2D eigenvalue weighted by atomic mass is 32.1. The van der Waals surface area contributed by atoms with Crippen molar-refractivity contribution in [1.29, 1.82) is 0 Å². The van der Waals surface area contributed by atoms with Gasteiger partial charge < -0.3 is 15.1 Å². The number of pyridine rings is 2. The maximum Gasteiger partial charge on any atom is 0.291 e. The molecule has 0 unspecified atom stereocenters. The molecular formula is C22H20N4O2S. The lowest BCUT2D eigenvalue weighted by Crippen LogP contribution is -2.17. The maximum atomic E-state index is 12.6. The number of hydrogen-bond donors (Lipinski definition) is 2. The van der Waals surface area contributed by atoms with Gasteiger partial charge in [-0.05, 0) is 48.9 Å². The van der Waals surface area contributed by atoms with Crippen LogP contribution in [0.15, 0.2) is 77.7 Å². The van der Waals surface area contributed by atoms with Gasteiger partial charge in [0.2, 0.25) is 0 Å². The standard InChI is InChI=1S/C22H20N4O2S/c1-2-15-14-16(22(29-15)26-21(27)18-9-7-13-28-18)20(17-8-3-5-11-23-17)25-19-10-4-6-12-24-19/h3-14,20H,2H2,1H3,(H,24,25)(H,26,27)/t20-/m0/s1. The molecule has 7 heteroatoms. The van der Waals surface area contributed by atoms with Crippen molar-refractivity contribution in [2.45, 2.75) is 19.4 Å². The summed E-state index contributed by atoms with van der Waals surface area (Å²) in [5.74, 6) is 0.726. The van der Waals surface area contributed by atoms with E-state index in [-0.39, 0.29) is 17.7 Å². The van der Waals surface area contributed by atoms with E-state index in [0.717, 1.165) is 28.5 Å². The Kier molecular flexibility index (Phi) is 5.67. The lowest BCUT2D eigenvalue weighted by atomic mass is 10.0. The molecule has 0 aliphatic carbocycles. The summed E-state index contributed by atoms with van der Waals surface area (Å²) in [4.78, 5) is 22.7. The molecule has 0 fully saturated rings. The van der Waals surface area contributed by atoms with E-state index in [1.807, 2.05) is 36.4 Å². The highest BCUT2D eigenvalue weighted by Gasteiger charge is 2.24. The molecule has 0 saturated heterocycles. The number of aromatic nitrogens is 2. The summed E-state index contributed by atoms with van der Waals surface area (Å²) < 4.78 is 5.24. The molecule has 0 aliphatic heterocycles. The SMILES string of the molecule is CCc1cc([C@H](Nc2ccccn2)c2ccccn2)c(NC(=O)c2ccco2)s1. The Morgan fingerprint density at radius 1 is 1.10 bits per heavy atom. The zero-order chi connectivity index (χ0) is 20.1. The Labute approximate surface area is 172 Å². The maximum absolute atomic E-state index is 12.6. The summed E-state index contributed by atoms with van der Waals surface area (Å²) in [5.41, 5.74) is 1.78. The van der Waals surface area contributed by atoms with E-state index in [9.17, 15) is 4.79 Å². The van der Waals surface area contributed by atoms with Crippen molar-refractivity contribution in [2.24, 2.45) is 0 Å². The molecule has 0 aliphatic rings. The molecule has 0 aromatic carbocycles. The van der Waals surface area contributed by atoms with Gasteiger partial charge in [0.15, 0.2) is 5.76 Å². The largest absolute Gasteiger partial charge is 0.459 e. The van der Waals surface area contributed by atoms with E-state index >= 15 is 0 Å². The van der Waals surface area contributed by atoms with Crippen LogP contribution in [-0.2, 0) is 6.42 Å². The van der Waals surface area contributed by atoms with Gasteiger partial charge in [-0.15, -0.1) is 11.3 Å². The first-order valence-corrected chi connectivity index (χ1v) is 10.1. The number of hydrogen-bond acceptors (Lipinski definition) is 6. The fourth-order valence-electron chi connectivity index (χ4n) is 2.97. The van der Waals surface area contributed by atoms with E-state index in [0.29, 0.717) is 0 Å². The van der Waals surface area contributed by atoms with Crippen LogP contribution in [0, 0.1) is 0 Å². The molecule has 1 atom stereocenters. The number of nitrogens with one attached hydrogen (secondary N) is 2. The second-order valence-electron chi connectivity index (χ2n) is 6.33. The molecule has 0 spiro atoms. The molecule has 1 amide bonds. The summed E-state index contributed by atoms with van der Waals surface area (Å²) in [7, 11) is 0. The molecule has 0 bridgehead atoms. The van der Waals surface area contributed by atoms with Crippen LogP contribution in [0.3, 0.4) is 0 Å². The zero-order valence-electron chi connectivity index (χ0n) is 15.8. The second-order valence-corrected chi connectivity index (χ2v) is 7.47. The lowest BCUT2D eigenvalue weighted by Gasteiger charge is -2.20. The van der Waals surface area contributed by atoms with Crippen molar-refractivity contribution in [3.63, 3.8) is 0 Å². The van der Waals surface area contributed by atoms with Gasteiger partial charge in [0.25, 0.3) is 5.91 Å². The molecule has 4 rings (SSSR count). The minimum absolute atomic E-state index is 0.269. The summed E-state index contributed by atoms with van der Waals surface area (Å²) in [6.07, 6.45) is 5.85. The molecule has 4 aromatic heterocycles. The number of carbonyl (C=O) groups is 1. The molecule has 0 saturated carbocycles. The Morgan fingerprint density at radius 2 is 1.93 bits per heavy atom. The number of furan rings is 1. The highest BCUT2D eigenvalue weighted by molar-refractivity contribution is 7.16. The summed E-state index contributed by atoms with van der Waals surface area (Å²) >= 11 is 1.56. The van der Waals surface area contributed by atoms with E-state index in [2.05, 4.69) is 33.6 Å². The van der Waals surface area contributed by atoms with Crippen molar-refractivity contribution < 1.29 is 9.21 Å². The number of nitrogens with zero attached hydrogens (tertiary/aromatic N) is 2. The molecular weight excluding hydrogens is 384 g/mol. The predicted molar refractivity (Wildman–Crippen MR) is 114 cm³/mol. The van der Waals surface area contributed by atoms with Crippen LogP contribution in [0.4, 0.5) is 10.8 Å². The first-order chi connectivity index (χ1) is 14.2. The fraction of sp³-hybridized carbons (Fsp3) is 0.136. The fourth-order valence-corrected chi connectivity index (χ4v) is 4.00. The molecule has 146 valence electrons. The van der Waals surface area contributed by atoms with Gasteiger partial charge in [0, 0.05) is 22.8 Å². The molecule has 6 nitrogen and oxygen atoms in total. The Hall–Kier alpha value is -3.45. The number of aryl methyl sites for hydroxylation is 1. The second kappa shape index (κ2) is 8.70. The Balaban J connectivity index is 1.73. The molecule has 4 heterocycles. The van der Waals surface area contributed by atoms with Crippen LogP contribution in [0.1, 0.15) is 39.7 Å². The monoisotopic (exact) mass is 404 g/mol.